The molecule has 0 atom stereocenters. The number of ether oxygens (including phenoxy) is 5. The number of benzene rings is 2. The van der Waals surface area contributed by atoms with Gasteiger partial charge in [0.1, 0.15) is 11.5 Å². The number of likely N-dealkylation sites (tertiary alicyclic amines) is 1. The second-order valence-corrected chi connectivity index (χ2v) is 8.07. The van der Waals surface area contributed by atoms with Gasteiger partial charge in [-0.25, -0.2) is 0 Å². The van der Waals surface area contributed by atoms with Crippen molar-refractivity contribution in [1.82, 2.24) is 4.90 Å². The summed E-state index contributed by atoms with van der Waals surface area (Å²) in [5, 5.41) is 2.94. The van der Waals surface area contributed by atoms with Gasteiger partial charge in [-0.3, -0.25) is 9.69 Å². The number of hydrogen-bond acceptors (Lipinski definition) is 7. The summed E-state index contributed by atoms with van der Waals surface area (Å²) in [5.74, 6) is 3.36. The summed E-state index contributed by atoms with van der Waals surface area (Å²) in [6.07, 6.45) is 2.03. The Bertz CT molecular complexity index is 904. The van der Waals surface area contributed by atoms with Crippen molar-refractivity contribution < 1.29 is 28.5 Å². The zero-order valence-corrected chi connectivity index (χ0v) is 18.6. The standard InChI is InChI=1S/C24H30N2O6/c1-28-20-9-18(10-21(12-20)29-2)15-30-14-17-5-7-26(8-6-17)13-24(27)25-19-3-4-22-23(11-19)32-16-31-22/h3-4,9-12,17H,5-8,13-16H2,1-2H3,(H,25,27). The molecule has 0 unspecified atom stereocenters. The molecule has 0 saturated carbocycles. The largest absolute Gasteiger partial charge is 0.497 e. The van der Waals surface area contributed by atoms with Crippen LogP contribution in [0.5, 0.6) is 23.0 Å². The van der Waals surface area contributed by atoms with Crippen molar-refractivity contribution in [3.63, 3.8) is 0 Å². The molecule has 2 aromatic carbocycles. The second kappa shape index (κ2) is 10.6. The van der Waals surface area contributed by atoms with Crippen molar-refractivity contribution in [3.8, 4) is 23.0 Å². The fraction of sp³-hybridized carbons (Fsp3) is 0.458. The van der Waals surface area contributed by atoms with Crippen LogP contribution in [0.4, 0.5) is 5.69 Å². The summed E-state index contributed by atoms with van der Waals surface area (Å²) in [6, 6.07) is 11.2. The van der Waals surface area contributed by atoms with Gasteiger partial charge >= 0.3 is 0 Å². The quantitative estimate of drug-likeness (QED) is 0.638. The SMILES string of the molecule is COc1cc(COCC2CCN(CC(=O)Nc3ccc4c(c3)OCO4)CC2)cc(OC)c1. The molecule has 8 heteroatoms. The predicted octanol–water partition coefficient (Wildman–Crippen LogP) is 3.30. The molecule has 0 aromatic heterocycles. The summed E-state index contributed by atoms with van der Waals surface area (Å²) in [4.78, 5) is 14.6. The number of nitrogens with one attached hydrogen (secondary N) is 1. The van der Waals surface area contributed by atoms with E-state index in [9.17, 15) is 4.79 Å². The summed E-state index contributed by atoms with van der Waals surface area (Å²) in [5.41, 5.74) is 1.75. The molecule has 1 saturated heterocycles. The van der Waals surface area contributed by atoms with Gasteiger partial charge in [0.25, 0.3) is 0 Å². The van der Waals surface area contributed by atoms with Gasteiger partial charge in [-0.1, -0.05) is 0 Å². The maximum atomic E-state index is 12.4. The van der Waals surface area contributed by atoms with Crippen LogP contribution >= 0.6 is 0 Å². The van der Waals surface area contributed by atoms with Gasteiger partial charge < -0.3 is 29.0 Å². The number of fused-ring (bicyclic) bond motifs is 1. The molecule has 1 amide bonds. The lowest BCUT2D eigenvalue weighted by Gasteiger charge is -2.31. The molecular formula is C24H30N2O6. The average molecular weight is 443 g/mol. The van der Waals surface area contributed by atoms with Crippen LogP contribution in [0.3, 0.4) is 0 Å². The molecule has 0 aliphatic carbocycles. The molecule has 2 aliphatic heterocycles. The Kier molecular flexibility index (Phi) is 7.34. The first kappa shape index (κ1) is 22.2. The van der Waals surface area contributed by atoms with Crippen molar-refractivity contribution in [1.29, 1.82) is 0 Å². The van der Waals surface area contributed by atoms with Crippen molar-refractivity contribution in [3.05, 3.63) is 42.0 Å². The van der Waals surface area contributed by atoms with E-state index in [1.165, 1.54) is 0 Å². The highest BCUT2D eigenvalue weighted by atomic mass is 16.7. The van der Waals surface area contributed by atoms with Gasteiger partial charge in [-0.2, -0.15) is 0 Å². The fourth-order valence-corrected chi connectivity index (χ4v) is 3.98. The monoisotopic (exact) mass is 442 g/mol. The van der Waals surface area contributed by atoms with Crippen molar-refractivity contribution >= 4 is 11.6 Å². The molecular weight excluding hydrogens is 412 g/mol. The first-order valence-electron chi connectivity index (χ1n) is 10.8. The average Bonchev–Trinajstić information content (AvgIpc) is 3.28. The number of amides is 1. The Morgan fingerprint density at radius 1 is 1.03 bits per heavy atom. The van der Waals surface area contributed by atoms with Crippen molar-refractivity contribution in [2.45, 2.75) is 19.4 Å². The highest BCUT2D eigenvalue weighted by Gasteiger charge is 2.21. The number of carbonyl (C=O) groups is 1. The molecule has 32 heavy (non-hydrogen) atoms. The van der Waals surface area contributed by atoms with Gasteiger partial charge in [0, 0.05) is 24.4 Å². The molecule has 0 radical (unpaired) electrons. The highest BCUT2D eigenvalue weighted by Crippen LogP contribution is 2.34. The molecule has 1 fully saturated rings. The van der Waals surface area contributed by atoms with Crippen molar-refractivity contribution in [2.75, 3.05) is 52.6 Å². The van der Waals surface area contributed by atoms with E-state index in [0.717, 1.165) is 48.7 Å². The van der Waals surface area contributed by atoms with Crippen LogP contribution in [0.1, 0.15) is 18.4 Å². The number of hydrogen-bond donors (Lipinski definition) is 1. The van der Waals surface area contributed by atoms with Crippen LogP contribution in [0.2, 0.25) is 0 Å². The topological polar surface area (TPSA) is 78.5 Å². The Hall–Kier alpha value is -2.97. The lowest BCUT2D eigenvalue weighted by Crippen LogP contribution is -2.40. The normalized spacial score (nSPS) is 16.1. The van der Waals surface area contributed by atoms with Gasteiger partial charge in [0.05, 0.1) is 27.4 Å². The third kappa shape index (κ3) is 5.83. The zero-order chi connectivity index (χ0) is 22.3. The predicted molar refractivity (Wildman–Crippen MR) is 120 cm³/mol. The van der Waals surface area contributed by atoms with E-state index < -0.39 is 0 Å². The Morgan fingerprint density at radius 3 is 2.47 bits per heavy atom. The van der Waals surface area contributed by atoms with Gasteiger partial charge in [-0.15, -0.1) is 0 Å². The van der Waals surface area contributed by atoms with Crippen LogP contribution in [-0.2, 0) is 16.1 Å². The number of methoxy groups -OCH3 is 2. The van der Waals surface area contributed by atoms with Crippen LogP contribution in [0.15, 0.2) is 36.4 Å². The summed E-state index contributed by atoms with van der Waals surface area (Å²) in [7, 11) is 3.28. The molecule has 1 N–H and O–H groups in total. The van der Waals surface area contributed by atoms with Crippen molar-refractivity contribution in [2.24, 2.45) is 5.92 Å². The Morgan fingerprint density at radius 2 is 1.75 bits per heavy atom. The van der Waals surface area contributed by atoms with E-state index in [1.807, 2.05) is 30.3 Å². The van der Waals surface area contributed by atoms with E-state index >= 15 is 0 Å². The zero-order valence-electron chi connectivity index (χ0n) is 18.6. The fourth-order valence-electron chi connectivity index (χ4n) is 3.98. The molecule has 0 bridgehead atoms. The first-order valence-corrected chi connectivity index (χ1v) is 10.8. The maximum absolute atomic E-state index is 12.4. The third-order valence-electron chi connectivity index (χ3n) is 5.76. The van der Waals surface area contributed by atoms with Crippen LogP contribution in [-0.4, -0.2) is 58.1 Å². The molecule has 2 heterocycles. The third-order valence-corrected chi connectivity index (χ3v) is 5.76. The summed E-state index contributed by atoms with van der Waals surface area (Å²) in [6.45, 7) is 3.60. The minimum Gasteiger partial charge on any atom is -0.497 e. The minimum absolute atomic E-state index is 0.0227. The van der Waals surface area contributed by atoms with Crippen LogP contribution in [0, 0.1) is 5.92 Å². The van der Waals surface area contributed by atoms with E-state index in [2.05, 4.69) is 10.2 Å². The number of anilines is 1. The Balaban J connectivity index is 1.16. The van der Waals surface area contributed by atoms with Gasteiger partial charge in [-0.05, 0) is 61.7 Å². The Labute approximate surface area is 188 Å². The van der Waals surface area contributed by atoms with E-state index in [1.54, 1.807) is 20.3 Å². The maximum Gasteiger partial charge on any atom is 0.238 e. The lowest BCUT2D eigenvalue weighted by molar-refractivity contribution is -0.117. The van der Waals surface area contributed by atoms with E-state index in [4.69, 9.17) is 23.7 Å². The lowest BCUT2D eigenvalue weighted by atomic mass is 9.98. The first-order chi connectivity index (χ1) is 15.6. The molecule has 2 aliphatic rings. The van der Waals surface area contributed by atoms with Crippen LogP contribution in [0.25, 0.3) is 0 Å². The van der Waals surface area contributed by atoms with E-state index in [0.29, 0.717) is 37.2 Å². The molecule has 172 valence electrons. The second-order valence-electron chi connectivity index (χ2n) is 8.07. The minimum atomic E-state index is -0.0227. The van der Waals surface area contributed by atoms with Gasteiger partial charge in [0.15, 0.2) is 11.5 Å². The molecule has 2 aromatic rings. The highest BCUT2D eigenvalue weighted by molar-refractivity contribution is 5.92. The molecule has 4 rings (SSSR count). The smallest absolute Gasteiger partial charge is 0.238 e. The number of piperidine rings is 1. The van der Waals surface area contributed by atoms with Crippen LogP contribution < -0.4 is 24.3 Å². The number of rotatable bonds is 9. The summed E-state index contributed by atoms with van der Waals surface area (Å²) >= 11 is 0. The number of nitrogens with zero attached hydrogens (tertiary/aromatic N) is 1. The molecule has 8 nitrogen and oxygen atoms in total. The summed E-state index contributed by atoms with van der Waals surface area (Å²) < 4.78 is 27.2. The number of carbonyl (C=O) groups excluding carboxylic acids is 1. The van der Waals surface area contributed by atoms with Gasteiger partial charge in [0.2, 0.25) is 12.7 Å². The molecule has 0 spiro atoms. The van der Waals surface area contributed by atoms with E-state index in [-0.39, 0.29) is 12.7 Å².